The number of pyridine rings is 1. The number of nitrogens with zero attached hydrogens (tertiary/aromatic N) is 1. The zero-order valence-electron chi connectivity index (χ0n) is 11.4. The molecule has 0 radical (unpaired) electrons. The van der Waals surface area contributed by atoms with Gasteiger partial charge in [-0.25, -0.2) is 4.68 Å². The molecule has 19 heavy (non-hydrogen) atoms. The molecule has 0 unspecified atom stereocenters. The molecule has 0 spiro atoms. The van der Waals surface area contributed by atoms with E-state index in [4.69, 9.17) is 15.3 Å². The van der Waals surface area contributed by atoms with Crippen LogP contribution in [-0.2, 0) is 6.42 Å². The third-order valence-electron chi connectivity index (χ3n) is 3.16. The summed E-state index contributed by atoms with van der Waals surface area (Å²) in [6.45, 7) is 2.05. The van der Waals surface area contributed by atoms with Crippen LogP contribution in [0.3, 0.4) is 0 Å². The quantitative estimate of drug-likeness (QED) is 0.851. The molecular weight excluding hydrogens is 244 g/mol. The van der Waals surface area contributed by atoms with E-state index in [1.807, 2.05) is 13.0 Å². The van der Waals surface area contributed by atoms with Gasteiger partial charge in [0.05, 0.1) is 19.9 Å². The van der Waals surface area contributed by atoms with Crippen molar-refractivity contribution in [2.45, 2.75) is 19.8 Å². The highest BCUT2D eigenvalue weighted by molar-refractivity contribution is 5.88. The Balaban J connectivity index is 2.83. The Morgan fingerprint density at radius 2 is 1.79 bits per heavy atom. The van der Waals surface area contributed by atoms with Crippen molar-refractivity contribution in [2.75, 3.05) is 20.1 Å². The van der Waals surface area contributed by atoms with Gasteiger partial charge < -0.3 is 15.3 Å². The molecule has 0 amide bonds. The summed E-state index contributed by atoms with van der Waals surface area (Å²) in [6, 6.07) is 5.17. The average Bonchev–Trinajstić information content (AvgIpc) is 2.42. The maximum atomic E-state index is 11.8. The van der Waals surface area contributed by atoms with Crippen molar-refractivity contribution in [3.8, 4) is 11.5 Å². The minimum Gasteiger partial charge on any atom is -0.493 e. The number of fused-ring (bicyclic) bond motifs is 1. The molecule has 0 aliphatic heterocycles. The number of aromatic nitrogens is 1. The normalized spacial score (nSPS) is 10.7. The first kappa shape index (κ1) is 13.3. The molecule has 1 heterocycles. The first-order valence-corrected chi connectivity index (χ1v) is 6.18. The van der Waals surface area contributed by atoms with Crippen molar-refractivity contribution in [3.63, 3.8) is 0 Å². The Morgan fingerprint density at radius 3 is 2.37 bits per heavy atom. The summed E-state index contributed by atoms with van der Waals surface area (Å²) in [5.74, 6) is 7.06. The van der Waals surface area contributed by atoms with Crippen molar-refractivity contribution >= 4 is 10.8 Å². The molecule has 0 aliphatic carbocycles. The zero-order chi connectivity index (χ0) is 14.0. The van der Waals surface area contributed by atoms with E-state index in [9.17, 15) is 4.79 Å². The van der Waals surface area contributed by atoms with Gasteiger partial charge in [0, 0.05) is 11.5 Å². The monoisotopic (exact) mass is 262 g/mol. The number of hydrogen-bond acceptors (Lipinski definition) is 4. The van der Waals surface area contributed by atoms with Gasteiger partial charge in [-0.05, 0) is 23.9 Å². The van der Waals surface area contributed by atoms with Crippen LogP contribution in [0.15, 0.2) is 23.0 Å². The van der Waals surface area contributed by atoms with E-state index in [1.165, 1.54) is 10.7 Å². The van der Waals surface area contributed by atoms with E-state index in [2.05, 4.69) is 0 Å². The molecule has 0 saturated heterocycles. The highest BCUT2D eigenvalue weighted by Crippen LogP contribution is 2.33. The van der Waals surface area contributed by atoms with Crippen molar-refractivity contribution in [3.05, 3.63) is 34.2 Å². The van der Waals surface area contributed by atoms with Gasteiger partial charge in [0.2, 0.25) is 0 Å². The molecular formula is C14H18N2O3. The number of rotatable bonds is 4. The molecule has 0 aliphatic rings. The number of benzene rings is 1. The summed E-state index contributed by atoms with van der Waals surface area (Å²) >= 11 is 0. The minimum atomic E-state index is -0.219. The number of aryl methyl sites for hydroxylation is 1. The largest absolute Gasteiger partial charge is 0.493 e. The van der Waals surface area contributed by atoms with Gasteiger partial charge in [0.1, 0.15) is 0 Å². The standard InChI is InChI=1S/C14H18N2O3/c1-4-5-11-10-8-13(19-3)12(18-2)6-9(10)7-14(17)16(11)15/h6-8H,4-5,15H2,1-3H3. The van der Waals surface area contributed by atoms with E-state index < -0.39 is 0 Å². The lowest BCUT2D eigenvalue weighted by molar-refractivity contribution is 0.356. The van der Waals surface area contributed by atoms with Crippen LogP contribution in [0.4, 0.5) is 0 Å². The smallest absolute Gasteiger partial charge is 0.269 e. The van der Waals surface area contributed by atoms with Crippen molar-refractivity contribution in [1.29, 1.82) is 0 Å². The number of nitrogens with two attached hydrogens (primary N) is 1. The van der Waals surface area contributed by atoms with Crippen molar-refractivity contribution in [2.24, 2.45) is 0 Å². The van der Waals surface area contributed by atoms with E-state index in [-0.39, 0.29) is 5.56 Å². The van der Waals surface area contributed by atoms with E-state index in [0.29, 0.717) is 11.5 Å². The maximum Gasteiger partial charge on any atom is 0.269 e. The fourth-order valence-corrected chi connectivity index (χ4v) is 2.22. The van der Waals surface area contributed by atoms with Crippen LogP contribution < -0.4 is 20.9 Å². The second-order valence-electron chi connectivity index (χ2n) is 4.34. The van der Waals surface area contributed by atoms with E-state index >= 15 is 0 Å². The molecule has 0 atom stereocenters. The van der Waals surface area contributed by atoms with Gasteiger partial charge in [0.15, 0.2) is 11.5 Å². The Morgan fingerprint density at radius 1 is 1.16 bits per heavy atom. The predicted octanol–water partition coefficient (Wildman–Crippen LogP) is 1.68. The van der Waals surface area contributed by atoms with Crippen LogP contribution in [0, 0.1) is 0 Å². The zero-order valence-corrected chi connectivity index (χ0v) is 11.4. The number of ether oxygens (including phenoxy) is 2. The third kappa shape index (κ3) is 2.23. The summed E-state index contributed by atoms with van der Waals surface area (Å²) in [4.78, 5) is 11.8. The van der Waals surface area contributed by atoms with Crippen LogP contribution in [-0.4, -0.2) is 18.9 Å². The maximum absolute atomic E-state index is 11.8. The fraction of sp³-hybridized carbons (Fsp3) is 0.357. The predicted molar refractivity (Wildman–Crippen MR) is 75.5 cm³/mol. The van der Waals surface area contributed by atoms with Crippen molar-refractivity contribution < 1.29 is 9.47 Å². The molecule has 2 N–H and O–H groups in total. The van der Waals surface area contributed by atoms with E-state index in [0.717, 1.165) is 29.3 Å². The molecule has 2 rings (SSSR count). The Kier molecular flexibility index (Phi) is 3.64. The highest BCUT2D eigenvalue weighted by atomic mass is 16.5. The SMILES string of the molecule is CCCc1c2cc(OC)c(OC)cc2cc(=O)n1N. The summed E-state index contributed by atoms with van der Waals surface area (Å²) in [7, 11) is 3.16. The Labute approximate surface area is 111 Å². The van der Waals surface area contributed by atoms with Gasteiger partial charge in [-0.2, -0.15) is 0 Å². The first-order chi connectivity index (χ1) is 9.12. The van der Waals surface area contributed by atoms with Gasteiger partial charge in [-0.1, -0.05) is 13.3 Å². The van der Waals surface area contributed by atoms with Crippen LogP contribution in [0.1, 0.15) is 19.0 Å². The Hall–Kier alpha value is -2.17. The van der Waals surface area contributed by atoms with Gasteiger partial charge >= 0.3 is 0 Å². The highest BCUT2D eigenvalue weighted by Gasteiger charge is 2.12. The molecule has 2 aromatic rings. The second kappa shape index (κ2) is 5.22. The number of methoxy groups -OCH3 is 2. The number of hydrogen-bond donors (Lipinski definition) is 1. The van der Waals surface area contributed by atoms with E-state index in [1.54, 1.807) is 20.3 Å². The molecule has 0 saturated carbocycles. The lowest BCUT2D eigenvalue weighted by atomic mass is 10.1. The molecule has 5 nitrogen and oxygen atoms in total. The molecule has 0 fully saturated rings. The second-order valence-corrected chi connectivity index (χ2v) is 4.34. The molecule has 1 aromatic carbocycles. The molecule has 102 valence electrons. The lowest BCUT2D eigenvalue weighted by Crippen LogP contribution is -2.29. The minimum absolute atomic E-state index is 0.219. The summed E-state index contributed by atoms with van der Waals surface area (Å²) < 4.78 is 11.7. The molecule has 0 bridgehead atoms. The summed E-state index contributed by atoms with van der Waals surface area (Å²) in [5.41, 5.74) is 0.592. The fourth-order valence-electron chi connectivity index (χ4n) is 2.22. The third-order valence-corrected chi connectivity index (χ3v) is 3.16. The molecule has 5 heteroatoms. The van der Waals surface area contributed by atoms with Crippen LogP contribution in [0.2, 0.25) is 0 Å². The lowest BCUT2D eigenvalue weighted by Gasteiger charge is -2.14. The van der Waals surface area contributed by atoms with Crippen LogP contribution in [0.25, 0.3) is 10.8 Å². The molecule has 1 aromatic heterocycles. The Bertz CT molecular complexity index is 662. The first-order valence-electron chi connectivity index (χ1n) is 6.18. The summed E-state index contributed by atoms with van der Waals surface area (Å²) in [5, 5.41) is 1.73. The topological polar surface area (TPSA) is 66.5 Å². The van der Waals surface area contributed by atoms with Gasteiger partial charge in [-0.15, -0.1) is 0 Å². The van der Waals surface area contributed by atoms with Crippen LogP contribution >= 0.6 is 0 Å². The van der Waals surface area contributed by atoms with Crippen LogP contribution in [0.5, 0.6) is 11.5 Å². The average molecular weight is 262 g/mol. The number of nitrogen functional groups attached to an aromatic ring is 1. The van der Waals surface area contributed by atoms with Crippen molar-refractivity contribution in [1.82, 2.24) is 4.68 Å². The summed E-state index contributed by atoms with van der Waals surface area (Å²) in [6.07, 6.45) is 1.64. The van der Waals surface area contributed by atoms with Gasteiger partial charge in [0.25, 0.3) is 5.56 Å². The van der Waals surface area contributed by atoms with Gasteiger partial charge in [-0.3, -0.25) is 4.79 Å².